The Balaban J connectivity index is 1.87. The van der Waals surface area contributed by atoms with Crippen LogP contribution in [-0.2, 0) is 10.2 Å². The number of halogens is 1. The average molecular weight is 460 g/mol. The van der Waals surface area contributed by atoms with Crippen molar-refractivity contribution in [2.75, 3.05) is 0 Å². The molecule has 2 N–H and O–H groups in total. The number of H-pyrrole nitrogens is 1. The summed E-state index contributed by atoms with van der Waals surface area (Å²) in [6, 6.07) is 9.30. The van der Waals surface area contributed by atoms with Gasteiger partial charge in [0.2, 0.25) is 0 Å². The molecule has 1 aliphatic rings. The van der Waals surface area contributed by atoms with E-state index in [9.17, 15) is 19.6 Å². The normalized spacial score (nSPS) is 20.4. The van der Waals surface area contributed by atoms with Crippen molar-refractivity contribution in [1.29, 1.82) is 5.26 Å². The minimum Gasteiger partial charge on any atom is -0.481 e. The van der Waals surface area contributed by atoms with E-state index in [0.717, 1.165) is 33.4 Å². The first-order valence-corrected chi connectivity index (χ1v) is 11.3. The van der Waals surface area contributed by atoms with Gasteiger partial charge in [-0.3, -0.25) is 9.89 Å². The van der Waals surface area contributed by atoms with E-state index in [0.29, 0.717) is 24.1 Å². The largest absolute Gasteiger partial charge is 0.481 e. The van der Waals surface area contributed by atoms with E-state index in [4.69, 9.17) is 4.98 Å². The van der Waals surface area contributed by atoms with Gasteiger partial charge in [0.05, 0.1) is 28.7 Å². The molecule has 5 rings (SSSR count). The van der Waals surface area contributed by atoms with Crippen LogP contribution < -0.4 is 0 Å². The number of pyridine rings is 1. The number of nitriles is 1. The molecule has 0 atom stereocenters. The highest BCUT2D eigenvalue weighted by atomic mass is 19.1. The van der Waals surface area contributed by atoms with E-state index in [1.807, 2.05) is 19.9 Å². The minimum atomic E-state index is -0.802. The molecule has 174 valence electrons. The zero-order valence-electron chi connectivity index (χ0n) is 19.6. The Morgan fingerprint density at radius 2 is 2.12 bits per heavy atom. The molecule has 3 aromatic heterocycles. The van der Waals surface area contributed by atoms with Crippen LogP contribution in [0.4, 0.5) is 4.39 Å². The van der Waals surface area contributed by atoms with Crippen LogP contribution in [0.5, 0.6) is 0 Å². The van der Waals surface area contributed by atoms with E-state index in [1.54, 1.807) is 32.2 Å². The first-order chi connectivity index (χ1) is 16.1. The third kappa shape index (κ3) is 3.18. The highest BCUT2D eigenvalue weighted by molar-refractivity contribution is 5.94. The van der Waals surface area contributed by atoms with Crippen LogP contribution in [0.15, 0.2) is 30.5 Å². The molecule has 0 spiro atoms. The van der Waals surface area contributed by atoms with Crippen LogP contribution in [0.3, 0.4) is 0 Å². The lowest BCUT2D eigenvalue weighted by Crippen LogP contribution is -2.41. The number of aryl methyl sites for hydroxylation is 1. The Labute approximate surface area is 196 Å². The average Bonchev–Trinajstić information content (AvgIpc) is 3.33. The van der Waals surface area contributed by atoms with Gasteiger partial charge >= 0.3 is 5.97 Å². The van der Waals surface area contributed by atoms with Crippen molar-refractivity contribution in [2.24, 2.45) is 5.41 Å². The zero-order chi connectivity index (χ0) is 24.4. The van der Waals surface area contributed by atoms with Gasteiger partial charge in [-0.2, -0.15) is 10.4 Å². The third-order valence-corrected chi connectivity index (χ3v) is 7.26. The highest BCUT2D eigenvalue weighted by Crippen LogP contribution is 2.55. The lowest BCUT2D eigenvalue weighted by atomic mass is 9.60. The maximum absolute atomic E-state index is 14.2. The molecule has 0 saturated heterocycles. The molecule has 0 radical (unpaired) electrons. The van der Waals surface area contributed by atoms with Crippen LogP contribution in [0.1, 0.15) is 62.8 Å². The molecule has 7 nitrogen and oxygen atoms in total. The van der Waals surface area contributed by atoms with Crippen molar-refractivity contribution in [2.45, 2.75) is 58.3 Å². The van der Waals surface area contributed by atoms with E-state index < -0.39 is 16.8 Å². The van der Waals surface area contributed by atoms with Crippen LogP contribution in [0.25, 0.3) is 27.8 Å². The molecule has 8 heteroatoms. The smallest absolute Gasteiger partial charge is 0.309 e. The molecular formula is C26H26FN5O2. The first-order valence-electron chi connectivity index (χ1n) is 11.3. The van der Waals surface area contributed by atoms with Crippen LogP contribution >= 0.6 is 0 Å². The Morgan fingerprint density at radius 1 is 1.38 bits per heavy atom. The molecule has 3 heterocycles. The Morgan fingerprint density at radius 3 is 2.76 bits per heavy atom. The van der Waals surface area contributed by atoms with Gasteiger partial charge in [-0.1, -0.05) is 13.8 Å². The number of carboxylic acids is 1. The number of carboxylic acid groups (broad SMARTS) is 1. The zero-order valence-corrected chi connectivity index (χ0v) is 19.6. The summed E-state index contributed by atoms with van der Waals surface area (Å²) in [5.74, 6) is -1.11. The maximum Gasteiger partial charge on any atom is 0.309 e. The number of nitrogens with one attached hydrogen (secondary N) is 1. The van der Waals surface area contributed by atoms with Gasteiger partial charge in [0, 0.05) is 34.2 Å². The van der Waals surface area contributed by atoms with Crippen molar-refractivity contribution in [3.63, 3.8) is 0 Å². The summed E-state index contributed by atoms with van der Waals surface area (Å²) < 4.78 is 16.2. The molecule has 0 amide bonds. The van der Waals surface area contributed by atoms with E-state index in [2.05, 4.69) is 20.8 Å². The summed E-state index contributed by atoms with van der Waals surface area (Å²) in [6.07, 6.45) is 2.95. The van der Waals surface area contributed by atoms with Gasteiger partial charge in [-0.05, 0) is 62.4 Å². The number of aliphatic carboxylic acids is 1. The molecule has 1 saturated carbocycles. The monoisotopic (exact) mass is 459 g/mol. The molecule has 0 bridgehead atoms. The fraction of sp³-hybridized carbons (Fsp3) is 0.385. The van der Waals surface area contributed by atoms with Crippen LogP contribution in [0.2, 0.25) is 0 Å². The minimum absolute atomic E-state index is 0.0211. The maximum atomic E-state index is 14.2. The molecular weight excluding hydrogens is 433 g/mol. The summed E-state index contributed by atoms with van der Waals surface area (Å²) >= 11 is 0. The molecule has 1 aromatic carbocycles. The molecule has 4 aromatic rings. The van der Waals surface area contributed by atoms with Crippen molar-refractivity contribution in [3.8, 4) is 11.8 Å². The third-order valence-electron chi connectivity index (χ3n) is 7.26. The predicted molar refractivity (Wildman–Crippen MR) is 126 cm³/mol. The lowest BCUT2D eigenvalue weighted by Gasteiger charge is -2.43. The summed E-state index contributed by atoms with van der Waals surface area (Å²) in [7, 11) is 0. The van der Waals surface area contributed by atoms with Gasteiger partial charge in [-0.25, -0.2) is 9.37 Å². The summed E-state index contributed by atoms with van der Waals surface area (Å²) in [6.45, 7) is 7.53. The van der Waals surface area contributed by atoms with Crippen molar-refractivity contribution < 1.29 is 14.3 Å². The van der Waals surface area contributed by atoms with Gasteiger partial charge < -0.3 is 9.67 Å². The number of fused-ring (bicyclic) bond motifs is 2. The Kier molecular flexibility index (Phi) is 4.80. The lowest BCUT2D eigenvalue weighted by molar-refractivity contribution is -0.154. The summed E-state index contributed by atoms with van der Waals surface area (Å²) in [5, 5.41) is 27.3. The van der Waals surface area contributed by atoms with Gasteiger partial charge in [0.1, 0.15) is 5.82 Å². The van der Waals surface area contributed by atoms with E-state index in [1.165, 1.54) is 6.07 Å². The van der Waals surface area contributed by atoms with Crippen molar-refractivity contribution in [1.82, 2.24) is 19.7 Å². The number of benzene rings is 1. The van der Waals surface area contributed by atoms with Gasteiger partial charge in [0.15, 0.2) is 5.65 Å². The highest BCUT2D eigenvalue weighted by Gasteiger charge is 2.50. The molecule has 1 fully saturated rings. The topological polar surface area (TPSA) is 108 Å². The summed E-state index contributed by atoms with van der Waals surface area (Å²) in [4.78, 5) is 16.8. The number of rotatable bonds is 5. The van der Waals surface area contributed by atoms with Crippen LogP contribution in [0, 0.1) is 29.5 Å². The molecule has 34 heavy (non-hydrogen) atoms. The van der Waals surface area contributed by atoms with E-state index in [-0.39, 0.29) is 18.2 Å². The fourth-order valence-corrected chi connectivity index (χ4v) is 5.37. The van der Waals surface area contributed by atoms with Crippen molar-refractivity contribution >= 4 is 28.0 Å². The van der Waals surface area contributed by atoms with E-state index >= 15 is 0 Å². The Hall–Kier alpha value is -3.73. The SMILES string of the molecule is Cc1cc(-n2c(C(C)(C)CC#N)c(C3CC(C)(C(=O)O)C3)c3nc4[nH]ncc4cc32)ccc1F. The second-order valence-electron chi connectivity index (χ2n) is 10.4. The standard InChI is InChI=1S/C26H26FN5O2/c1-14-9-17(5-6-18(14)27)32-19-10-15-13-29-31-23(15)30-21(19)20(22(32)25(2,3)7-8-28)16-11-26(4,12-16)24(33)34/h5-6,9-10,13,16H,7,11-12H2,1-4H3,(H,33,34)(H,29,30,31). The second-order valence-corrected chi connectivity index (χ2v) is 10.4. The first kappa shape index (κ1) is 22.1. The molecule has 1 aliphatic carbocycles. The van der Waals surface area contributed by atoms with Gasteiger partial charge in [0.25, 0.3) is 0 Å². The van der Waals surface area contributed by atoms with Crippen molar-refractivity contribution in [3.05, 3.63) is 53.1 Å². The van der Waals surface area contributed by atoms with Gasteiger partial charge in [-0.15, -0.1) is 0 Å². The number of nitrogens with zero attached hydrogens (tertiary/aromatic N) is 4. The molecule has 0 unspecified atom stereocenters. The Bertz CT molecular complexity index is 1500. The fourth-order valence-electron chi connectivity index (χ4n) is 5.37. The number of hydrogen-bond acceptors (Lipinski definition) is 4. The second kappa shape index (κ2) is 7.39. The number of hydrogen-bond donors (Lipinski definition) is 2. The number of aromatic nitrogens is 4. The quantitative estimate of drug-likeness (QED) is 0.409. The van der Waals surface area contributed by atoms with Crippen LogP contribution in [-0.4, -0.2) is 30.8 Å². The predicted octanol–water partition coefficient (Wildman–Crippen LogP) is 5.51. The number of carbonyl (C=O) groups is 1. The summed E-state index contributed by atoms with van der Waals surface area (Å²) in [5.41, 5.74) is 4.07. The molecule has 0 aliphatic heterocycles. The number of aromatic amines is 1.